The molecule has 0 aliphatic heterocycles. The summed E-state index contributed by atoms with van der Waals surface area (Å²) in [4.78, 5) is 1.98. The molecule has 2 N–H and O–H groups in total. The van der Waals surface area contributed by atoms with Crippen molar-refractivity contribution in [1.82, 2.24) is 20.4 Å². The van der Waals surface area contributed by atoms with Gasteiger partial charge < -0.3 is 4.90 Å². The van der Waals surface area contributed by atoms with E-state index in [0.717, 1.165) is 5.69 Å². The Bertz CT molecular complexity index is 948. The monoisotopic (exact) mass is 358 g/mol. The summed E-state index contributed by atoms with van der Waals surface area (Å²) < 4.78 is 27.4. The van der Waals surface area contributed by atoms with Gasteiger partial charge in [0.1, 0.15) is 4.90 Å². The number of H-pyrrole nitrogens is 1. The van der Waals surface area contributed by atoms with Gasteiger partial charge in [0.25, 0.3) is 10.0 Å². The van der Waals surface area contributed by atoms with Crippen molar-refractivity contribution in [3.05, 3.63) is 53.9 Å². The predicted molar refractivity (Wildman–Crippen MR) is 95.4 cm³/mol. The fraction of sp³-hybridized carbons (Fsp3) is 0.188. The van der Waals surface area contributed by atoms with E-state index in [1.165, 1.54) is 0 Å². The van der Waals surface area contributed by atoms with Crippen LogP contribution in [0.4, 0.5) is 17.3 Å². The van der Waals surface area contributed by atoms with E-state index in [2.05, 4.69) is 25.1 Å². The number of benzene rings is 1. The first-order valence-corrected chi connectivity index (χ1v) is 9.03. The van der Waals surface area contributed by atoms with Crippen molar-refractivity contribution in [3.8, 4) is 0 Å². The van der Waals surface area contributed by atoms with Crippen LogP contribution in [0.1, 0.15) is 11.4 Å². The standard InChI is InChI=1S/C16H18N6O2S/c1-11-16(12(2)18-17-11)25(23,24)21-14-9-10-15(20-19-14)22(3)13-7-5-4-6-8-13/h4-10H,1-3H3,(H,17,18)(H,19,21). The first-order valence-electron chi connectivity index (χ1n) is 7.55. The van der Waals surface area contributed by atoms with E-state index in [0.29, 0.717) is 17.2 Å². The van der Waals surface area contributed by atoms with Crippen LogP contribution in [0.2, 0.25) is 0 Å². The van der Waals surface area contributed by atoms with Crippen molar-refractivity contribution in [2.75, 3.05) is 16.7 Å². The molecule has 0 unspecified atom stereocenters. The van der Waals surface area contributed by atoms with Crippen LogP contribution in [0.3, 0.4) is 0 Å². The van der Waals surface area contributed by atoms with Gasteiger partial charge in [0.05, 0.1) is 11.4 Å². The molecule has 0 saturated heterocycles. The first-order chi connectivity index (χ1) is 11.9. The van der Waals surface area contributed by atoms with Gasteiger partial charge in [-0.05, 0) is 38.1 Å². The average molecular weight is 358 g/mol. The maximum atomic E-state index is 12.5. The van der Waals surface area contributed by atoms with Gasteiger partial charge in [0.2, 0.25) is 0 Å². The number of aryl methyl sites for hydroxylation is 2. The number of anilines is 3. The van der Waals surface area contributed by atoms with Crippen LogP contribution >= 0.6 is 0 Å². The molecular weight excluding hydrogens is 340 g/mol. The number of para-hydroxylation sites is 1. The molecule has 9 heteroatoms. The minimum atomic E-state index is -3.78. The second kappa shape index (κ2) is 6.52. The Balaban J connectivity index is 1.81. The summed E-state index contributed by atoms with van der Waals surface area (Å²) in [5.41, 5.74) is 1.83. The third-order valence-corrected chi connectivity index (χ3v) is 5.32. The van der Waals surface area contributed by atoms with Gasteiger partial charge in [0, 0.05) is 12.7 Å². The average Bonchev–Trinajstić information content (AvgIpc) is 2.95. The second-order valence-electron chi connectivity index (χ2n) is 5.54. The molecule has 0 radical (unpaired) electrons. The molecule has 0 fully saturated rings. The van der Waals surface area contributed by atoms with E-state index in [1.54, 1.807) is 26.0 Å². The maximum absolute atomic E-state index is 12.5. The maximum Gasteiger partial charge on any atom is 0.266 e. The highest BCUT2D eigenvalue weighted by atomic mass is 32.2. The van der Waals surface area contributed by atoms with E-state index in [4.69, 9.17) is 0 Å². The van der Waals surface area contributed by atoms with Crippen LogP contribution in [-0.2, 0) is 10.0 Å². The number of nitrogens with zero attached hydrogens (tertiary/aromatic N) is 4. The summed E-state index contributed by atoms with van der Waals surface area (Å²) in [6, 6.07) is 13.0. The quantitative estimate of drug-likeness (QED) is 0.726. The molecule has 25 heavy (non-hydrogen) atoms. The van der Waals surface area contributed by atoms with E-state index >= 15 is 0 Å². The smallest absolute Gasteiger partial charge is 0.266 e. The summed E-state index contributed by atoms with van der Waals surface area (Å²) in [5.74, 6) is 0.745. The Morgan fingerprint density at radius 1 is 1.04 bits per heavy atom. The van der Waals surface area contributed by atoms with Gasteiger partial charge in [-0.2, -0.15) is 5.10 Å². The van der Waals surface area contributed by atoms with Crippen molar-refractivity contribution in [2.45, 2.75) is 18.7 Å². The van der Waals surface area contributed by atoms with Crippen molar-refractivity contribution >= 4 is 27.3 Å². The summed E-state index contributed by atoms with van der Waals surface area (Å²) in [5, 5.41) is 14.6. The summed E-state index contributed by atoms with van der Waals surface area (Å²) in [6.07, 6.45) is 0. The number of rotatable bonds is 5. The Morgan fingerprint density at radius 3 is 2.32 bits per heavy atom. The molecule has 0 amide bonds. The molecule has 0 atom stereocenters. The molecule has 2 aromatic heterocycles. The van der Waals surface area contributed by atoms with Crippen LogP contribution in [0.5, 0.6) is 0 Å². The SMILES string of the molecule is Cc1n[nH]c(C)c1S(=O)(=O)Nc1ccc(N(C)c2ccccc2)nn1. The normalized spacial score (nSPS) is 11.3. The van der Waals surface area contributed by atoms with Crippen LogP contribution in [-0.4, -0.2) is 35.9 Å². The summed E-state index contributed by atoms with van der Waals surface area (Å²) >= 11 is 0. The molecule has 2 heterocycles. The fourth-order valence-electron chi connectivity index (χ4n) is 2.47. The first kappa shape index (κ1) is 16.9. The van der Waals surface area contributed by atoms with Crippen molar-refractivity contribution in [3.63, 3.8) is 0 Å². The molecule has 0 saturated carbocycles. The second-order valence-corrected chi connectivity index (χ2v) is 7.16. The molecular formula is C16H18N6O2S. The topological polar surface area (TPSA) is 104 Å². The number of sulfonamides is 1. The number of hydrogen-bond donors (Lipinski definition) is 2. The lowest BCUT2D eigenvalue weighted by Gasteiger charge is -2.17. The van der Waals surface area contributed by atoms with Gasteiger partial charge in [-0.3, -0.25) is 9.82 Å². The molecule has 3 rings (SSSR count). The van der Waals surface area contributed by atoms with Crippen molar-refractivity contribution in [1.29, 1.82) is 0 Å². The number of nitrogens with one attached hydrogen (secondary N) is 2. The van der Waals surface area contributed by atoms with Crippen molar-refractivity contribution in [2.24, 2.45) is 0 Å². The molecule has 130 valence electrons. The molecule has 3 aromatic rings. The Hall–Kier alpha value is -2.94. The van der Waals surface area contributed by atoms with Gasteiger partial charge >= 0.3 is 0 Å². The van der Waals surface area contributed by atoms with E-state index in [-0.39, 0.29) is 10.7 Å². The van der Waals surface area contributed by atoms with Crippen LogP contribution in [0.25, 0.3) is 0 Å². The number of hydrogen-bond acceptors (Lipinski definition) is 6. The lowest BCUT2D eigenvalue weighted by molar-refractivity contribution is 0.600. The van der Waals surface area contributed by atoms with E-state index in [1.807, 2.05) is 42.3 Å². The zero-order valence-corrected chi connectivity index (χ0v) is 14.9. The lowest BCUT2D eigenvalue weighted by Crippen LogP contribution is -2.17. The largest absolute Gasteiger partial charge is 0.328 e. The van der Waals surface area contributed by atoms with E-state index in [9.17, 15) is 8.42 Å². The van der Waals surface area contributed by atoms with Crippen molar-refractivity contribution < 1.29 is 8.42 Å². The highest BCUT2D eigenvalue weighted by Crippen LogP contribution is 2.23. The van der Waals surface area contributed by atoms with Crippen LogP contribution in [0, 0.1) is 13.8 Å². The molecule has 1 aromatic carbocycles. The van der Waals surface area contributed by atoms with Gasteiger partial charge in [0.15, 0.2) is 11.6 Å². The van der Waals surface area contributed by atoms with E-state index < -0.39 is 10.0 Å². The molecule has 0 bridgehead atoms. The summed E-state index contributed by atoms with van der Waals surface area (Å²) in [7, 11) is -1.91. The molecule has 8 nitrogen and oxygen atoms in total. The highest BCUT2D eigenvalue weighted by Gasteiger charge is 2.23. The van der Waals surface area contributed by atoms with Gasteiger partial charge in [-0.1, -0.05) is 18.2 Å². The molecule has 0 aliphatic carbocycles. The number of aromatic nitrogens is 4. The van der Waals surface area contributed by atoms with Crippen LogP contribution in [0.15, 0.2) is 47.4 Å². The zero-order valence-electron chi connectivity index (χ0n) is 14.1. The molecule has 0 aliphatic rings. The zero-order chi connectivity index (χ0) is 18.0. The van der Waals surface area contributed by atoms with Gasteiger partial charge in [-0.15, -0.1) is 10.2 Å². The molecule has 0 spiro atoms. The highest BCUT2D eigenvalue weighted by molar-refractivity contribution is 7.92. The third-order valence-electron chi connectivity index (χ3n) is 3.71. The lowest BCUT2D eigenvalue weighted by atomic mass is 10.3. The van der Waals surface area contributed by atoms with Crippen LogP contribution < -0.4 is 9.62 Å². The van der Waals surface area contributed by atoms with Gasteiger partial charge in [-0.25, -0.2) is 8.42 Å². The predicted octanol–water partition coefficient (Wildman–Crippen LogP) is 2.39. The minimum absolute atomic E-state index is 0.125. The fourth-order valence-corrected chi connectivity index (χ4v) is 3.84. The number of aromatic amines is 1. The third kappa shape index (κ3) is 3.45. The minimum Gasteiger partial charge on any atom is -0.328 e. The summed E-state index contributed by atoms with van der Waals surface area (Å²) in [6.45, 7) is 3.28. The Labute approximate surface area is 146 Å². The Kier molecular flexibility index (Phi) is 4.41. The Morgan fingerprint density at radius 2 is 1.76 bits per heavy atom.